The van der Waals surface area contributed by atoms with Gasteiger partial charge in [-0.05, 0) is 49.6 Å². The molecule has 2 nitrogen and oxygen atoms in total. The molecule has 0 saturated carbocycles. The van der Waals surface area contributed by atoms with Crippen LogP contribution in [0.3, 0.4) is 0 Å². The predicted molar refractivity (Wildman–Crippen MR) is 79.1 cm³/mol. The standard InChI is InChI=1S/C16H23FN2/c1-5-13(18-7-3)15-12-9-11(17)8-10(4)16(12)19-14(15)6-2/h8-9,13,18-19H,5-7H2,1-4H3. The Labute approximate surface area is 114 Å². The fraction of sp³-hybridized carbons (Fsp3) is 0.500. The highest BCUT2D eigenvalue weighted by Gasteiger charge is 2.19. The number of benzene rings is 1. The van der Waals surface area contributed by atoms with Crippen LogP contribution < -0.4 is 5.32 Å². The maximum atomic E-state index is 13.7. The van der Waals surface area contributed by atoms with Gasteiger partial charge in [-0.1, -0.05) is 20.8 Å². The normalized spacial score (nSPS) is 13.1. The van der Waals surface area contributed by atoms with Crippen LogP contribution in [0.5, 0.6) is 0 Å². The summed E-state index contributed by atoms with van der Waals surface area (Å²) in [7, 11) is 0. The highest BCUT2D eigenvalue weighted by molar-refractivity contribution is 5.88. The van der Waals surface area contributed by atoms with E-state index in [4.69, 9.17) is 0 Å². The molecular formula is C16H23FN2. The van der Waals surface area contributed by atoms with Crippen LogP contribution in [0.15, 0.2) is 12.1 Å². The zero-order valence-corrected chi connectivity index (χ0v) is 12.2. The molecule has 1 aromatic heterocycles. The molecule has 2 rings (SSSR count). The first-order valence-corrected chi connectivity index (χ1v) is 7.16. The number of fused-ring (bicyclic) bond motifs is 1. The highest BCUT2D eigenvalue weighted by atomic mass is 19.1. The molecule has 104 valence electrons. The molecule has 1 atom stereocenters. The molecule has 1 aromatic carbocycles. The van der Waals surface area contributed by atoms with Crippen molar-refractivity contribution in [2.45, 2.75) is 46.6 Å². The van der Waals surface area contributed by atoms with Crippen molar-refractivity contribution in [1.82, 2.24) is 10.3 Å². The predicted octanol–water partition coefficient (Wildman–Crippen LogP) is 4.24. The average molecular weight is 262 g/mol. The summed E-state index contributed by atoms with van der Waals surface area (Å²) in [4.78, 5) is 3.48. The molecule has 0 spiro atoms. The van der Waals surface area contributed by atoms with E-state index in [1.807, 2.05) is 6.92 Å². The Balaban J connectivity index is 2.68. The molecule has 0 fully saturated rings. The fourth-order valence-electron chi connectivity index (χ4n) is 2.88. The zero-order chi connectivity index (χ0) is 14.0. The van der Waals surface area contributed by atoms with E-state index < -0.39 is 0 Å². The Bertz CT molecular complexity index is 572. The van der Waals surface area contributed by atoms with Crippen LogP contribution in [-0.2, 0) is 6.42 Å². The van der Waals surface area contributed by atoms with Crippen molar-refractivity contribution in [2.75, 3.05) is 6.54 Å². The van der Waals surface area contributed by atoms with Crippen LogP contribution in [-0.4, -0.2) is 11.5 Å². The molecule has 1 heterocycles. The summed E-state index contributed by atoms with van der Waals surface area (Å²) in [5.74, 6) is -0.153. The summed E-state index contributed by atoms with van der Waals surface area (Å²) in [6.45, 7) is 9.28. The minimum absolute atomic E-state index is 0.153. The molecule has 0 aliphatic carbocycles. The first-order chi connectivity index (χ1) is 9.12. The molecule has 0 saturated heterocycles. The lowest BCUT2D eigenvalue weighted by Crippen LogP contribution is -2.20. The number of aryl methyl sites for hydroxylation is 2. The molecule has 1 unspecified atom stereocenters. The molecule has 2 aromatic rings. The Morgan fingerprint density at radius 1 is 1.26 bits per heavy atom. The van der Waals surface area contributed by atoms with E-state index in [1.54, 1.807) is 12.1 Å². The number of halogens is 1. The van der Waals surface area contributed by atoms with E-state index in [-0.39, 0.29) is 11.9 Å². The van der Waals surface area contributed by atoms with E-state index in [2.05, 4.69) is 31.1 Å². The molecule has 0 aliphatic heterocycles. The Morgan fingerprint density at radius 3 is 2.58 bits per heavy atom. The topological polar surface area (TPSA) is 27.8 Å². The number of hydrogen-bond donors (Lipinski definition) is 2. The van der Waals surface area contributed by atoms with Crippen molar-refractivity contribution in [1.29, 1.82) is 0 Å². The maximum absolute atomic E-state index is 13.7. The summed E-state index contributed by atoms with van der Waals surface area (Å²) in [5, 5.41) is 4.53. The Kier molecular flexibility index (Phi) is 4.25. The van der Waals surface area contributed by atoms with Crippen LogP contribution in [0.1, 0.15) is 50.1 Å². The highest BCUT2D eigenvalue weighted by Crippen LogP contribution is 2.32. The number of aromatic amines is 1. The second kappa shape index (κ2) is 5.74. The van der Waals surface area contributed by atoms with Crippen LogP contribution in [0.25, 0.3) is 10.9 Å². The lowest BCUT2D eigenvalue weighted by atomic mass is 9.98. The number of hydrogen-bond acceptors (Lipinski definition) is 1. The van der Waals surface area contributed by atoms with Gasteiger partial charge < -0.3 is 10.3 Å². The van der Waals surface area contributed by atoms with Crippen LogP contribution in [0, 0.1) is 12.7 Å². The first kappa shape index (κ1) is 14.1. The number of aromatic nitrogens is 1. The van der Waals surface area contributed by atoms with Gasteiger partial charge in [-0.2, -0.15) is 0 Å². The Hall–Kier alpha value is -1.35. The monoisotopic (exact) mass is 262 g/mol. The van der Waals surface area contributed by atoms with Crippen molar-refractivity contribution in [2.24, 2.45) is 0 Å². The smallest absolute Gasteiger partial charge is 0.124 e. The minimum Gasteiger partial charge on any atom is -0.358 e. The second-order valence-corrected chi connectivity index (χ2v) is 5.03. The van der Waals surface area contributed by atoms with Crippen molar-refractivity contribution < 1.29 is 4.39 Å². The lowest BCUT2D eigenvalue weighted by molar-refractivity contribution is 0.536. The van der Waals surface area contributed by atoms with E-state index in [1.165, 1.54) is 11.3 Å². The van der Waals surface area contributed by atoms with Gasteiger partial charge in [0.2, 0.25) is 0 Å². The van der Waals surface area contributed by atoms with Crippen LogP contribution >= 0.6 is 0 Å². The quantitative estimate of drug-likeness (QED) is 0.828. The molecule has 3 heteroatoms. The third-order valence-electron chi connectivity index (χ3n) is 3.75. The molecule has 19 heavy (non-hydrogen) atoms. The molecule has 2 N–H and O–H groups in total. The van der Waals surface area contributed by atoms with Gasteiger partial charge in [-0.25, -0.2) is 4.39 Å². The molecule has 0 radical (unpaired) electrons. The molecule has 0 aliphatic rings. The van der Waals surface area contributed by atoms with E-state index >= 15 is 0 Å². The first-order valence-electron chi connectivity index (χ1n) is 7.16. The third kappa shape index (κ3) is 2.52. The van der Waals surface area contributed by atoms with Gasteiger partial charge in [-0.3, -0.25) is 0 Å². The fourth-order valence-corrected chi connectivity index (χ4v) is 2.88. The largest absolute Gasteiger partial charge is 0.358 e. The van der Waals surface area contributed by atoms with E-state index in [0.717, 1.165) is 35.9 Å². The van der Waals surface area contributed by atoms with Gasteiger partial charge in [0.05, 0.1) is 0 Å². The number of rotatable bonds is 5. The van der Waals surface area contributed by atoms with Crippen molar-refractivity contribution >= 4 is 10.9 Å². The van der Waals surface area contributed by atoms with Crippen molar-refractivity contribution in [3.63, 3.8) is 0 Å². The summed E-state index contributed by atoms with van der Waals surface area (Å²) < 4.78 is 13.7. The van der Waals surface area contributed by atoms with Crippen molar-refractivity contribution in [3.8, 4) is 0 Å². The summed E-state index contributed by atoms with van der Waals surface area (Å²) >= 11 is 0. The molecule has 0 bridgehead atoms. The molecule has 0 amide bonds. The SMILES string of the molecule is CCNC(CC)c1c(CC)[nH]c2c(C)cc(F)cc12. The maximum Gasteiger partial charge on any atom is 0.124 e. The van der Waals surface area contributed by atoms with Gasteiger partial charge in [0.25, 0.3) is 0 Å². The zero-order valence-electron chi connectivity index (χ0n) is 12.2. The summed E-state index contributed by atoms with van der Waals surface area (Å²) in [5.41, 5.74) is 4.51. The number of nitrogens with one attached hydrogen (secondary N) is 2. The summed E-state index contributed by atoms with van der Waals surface area (Å²) in [6, 6.07) is 3.54. The van der Waals surface area contributed by atoms with Gasteiger partial charge in [0.1, 0.15) is 5.82 Å². The van der Waals surface area contributed by atoms with E-state index in [0.29, 0.717) is 0 Å². The Morgan fingerprint density at radius 2 is 2.00 bits per heavy atom. The third-order valence-corrected chi connectivity index (χ3v) is 3.75. The summed E-state index contributed by atoms with van der Waals surface area (Å²) in [6.07, 6.45) is 1.94. The molecular weight excluding hydrogens is 239 g/mol. The van der Waals surface area contributed by atoms with Gasteiger partial charge in [0, 0.05) is 22.6 Å². The van der Waals surface area contributed by atoms with Crippen LogP contribution in [0.4, 0.5) is 4.39 Å². The van der Waals surface area contributed by atoms with Crippen LogP contribution in [0.2, 0.25) is 0 Å². The number of H-pyrrole nitrogens is 1. The average Bonchev–Trinajstić information content (AvgIpc) is 2.74. The van der Waals surface area contributed by atoms with Gasteiger partial charge in [0.15, 0.2) is 0 Å². The minimum atomic E-state index is -0.153. The van der Waals surface area contributed by atoms with E-state index in [9.17, 15) is 4.39 Å². The lowest BCUT2D eigenvalue weighted by Gasteiger charge is -2.17. The van der Waals surface area contributed by atoms with Gasteiger partial charge >= 0.3 is 0 Å². The van der Waals surface area contributed by atoms with Crippen molar-refractivity contribution in [3.05, 3.63) is 34.8 Å². The second-order valence-electron chi connectivity index (χ2n) is 5.03. The van der Waals surface area contributed by atoms with Gasteiger partial charge in [-0.15, -0.1) is 0 Å².